The van der Waals surface area contributed by atoms with E-state index in [0.29, 0.717) is 35.2 Å². The fourth-order valence-electron chi connectivity index (χ4n) is 2.34. The number of nitrogens with zero attached hydrogens (tertiary/aromatic N) is 3. The largest absolute Gasteiger partial charge is 0.493 e. The maximum Gasteiger partial charge on any atom is 0.269 e. The summed E-state index contributed by atoms with van der Waals surface area (Å²) in [5.74, 6) is 2.07. The van der Waals surface area contributed by atoms with Crippen LogP contribution < -0.4 is 9.47 Å². The lowest BCUT2D eigenvalue weighted by molar-refractivity contribution is -0.384. The van der Waals surface area contributed by atoms with Crippen molar-refractivity contribution < 1.29 is 18.9 Å². The third-order valence-corrected chi connectivity index (χ3v) is 3.61. The van der Waals surface area contributed by atoms with Crippen LogP contribution in [0.1, 0.15) is 11.5 Å². The van der Waals surface area contributed by atoms with Crippen LogP contribution in [-0.2, 0) is 6.42 Å². The van der Waals surface area contributed by atoms with E-state index in [1.165, 1.54) is 12.1 Å². The van der Waals surface area contributed by atoms with Crippen LogP contribution in [-0.4, -0.2) is 29.3 Å². The fraction of sp³-hybridized carbons (Fsp3) is 0.176. The molecular formula is C17H15N3O5. The molecule has 0 bridgehead atoms. The van der Waals surface area contributed by atoms with Crippen LogP contribution >= 0.6 is 0 Å². The smallest absolute Gasteiger partial charge is 0.269 e. The Hall–Kier alpha value is -3.42. The number of hydrogen-bond donors (Lipinski definition) is 0. The monoisotopic (exact) mass is 341 g/mol. The van der Waals surface area contributed by atoms with Gasteiger partial charge in [-0.05, 0) is 29.8 Å². The average Bonchev–Trinajstić information content (AvgIpc) is 3.10. The summed E-state index contributed by atoms with van der Waals surface area (Å²) in [5, 5.41) is 14.6. The first-order chi connectivity index (χ1) is 12.1. The summed E-state index contributed by atoms with van der Waals surface area (Å²) in [6.07, 6.45) is 0.431. The van der Waals surface area contributed by atoms with Crippen molar-refractivity contribution in [2.45, 2.75) is 6.42 Å². The molecule has 0 saturated carbocycles. The number of methoxy groups -OCH3 is 2. The van der Waals surface area contributed by atoms with Gasteiger partial charge in [0.1, 0.15) is 0 Å². The summed E-state index contributed by atoms with van der Waals surface area (Å²) in [7, 11) is 3.15. The molecule has 0 spiro atoms. The highest BCUT2D eigenvalue weighted by Gasteiger charge is 2.12. The van der Waals surface area contributed by atoms with Crippen LogP contribution in [0.2, 0.25) is 0 Å². The van der Waals surface area contributed by atoms with Crippen LogP contribution in [0.3, 0.4) is 0 Å². The standard InChI is InChI=1S/C17H15N3O5/c1-23-14-8-3-11(9-15(14)24-2)10-16-18-17(19-25-16)12-4-6-13(7-5-12)20(21)22/h3-9H,10H2,1-2H3. The highest BCUT2D eigenvalue weighted by Crippen LogP contribution is 2.28. The summed E-state index contributed by atoms with van der Waals surface area (Å²) in [4.78, 5) is 14.6. The molecule has 1 heterocycles. The molecule has 0 unspecified atom stereocenters. The van der Waals surface area contributed by atoms with Crippen molar-refractivity contribution in [3.05, 3.63) is 64.0 Å². The van der Waals surface area contributed by atoms with E-state index in [9.17, 15) is 10.1 Å². The maximum atomic E-state index is 10.7. The molecule has 0 radical (unpaired) electrons. The van der Waals surface area contributed by atoms with Gasteiger partial charge in [0.25, 0.3) is 5.69 Å². The predicted octanol–water partition coefficient (Wildman–Crippen LogP) is 3.25. The van der Waals surface area contributed by atoms with Crippen molar-refractivity contribution in [3.63, 3.8) is 0 Å². The van der Waals surface area contributed by atoms with Crippen LogP contribution in [0.25, 0.3) is 11.4 Å². The average molecular weight is 341 g/mol. The number of hydrogen-bond acceptors (Lipinski definition) is 7. The van der Waals surface area contributed by atoms with E-state index in [4.69, 9.17) is 14.0 Å². The van der Waals surface area contributed by atoms with Crippen molar-refractivity contribution in [1.82, 2.24) is 10.1 Å². The number of benzene rings is 2. The Labute approximate surface area is 143 Å². The van der Waals surface area contributed by atoms with E-state index < -0.39 is 4.92 Å². The van der Waals surface area contributed by atoms with Gasteiger partial charge < -0.3 is 14.0 Å². The van der Waals surface area contributed by atoms with Gasteiger partial charge in [-0.2, -0.15) is 4.98 Å². The molecule has 3 rings (SSSR count). The van der Waals surface area contributed by atoms with Crippen LogP contribution in [0.15, 0.2) is 47.0 Å². The number of ether oxygens (including phenoxy) is 2. The summed E-state index contributed by atoms with van der Waals surface area (Å²) in [5.41, 5.74) is 1.59. The van der Waals surface area contributed by atoms with Crippen molar-refractivity contribution in [2.75, 3.05) is 14.2 Å². The van der Waals surface area contributed by atoms with Crippen molar-refractivity contribution in [1.29, 1.82) is 0 Å². The van der Waals surface area contributed by atoms with Gasteiger partial charge in [-0.3, -0.25) is 10.1 Å². The van der Waals surface area contributed by atoms with E-state index in [0.717, 1.165) is 5.56 Å². The summed E-state index contributed by atoms with van der Waals surface area (Å²) in [6, 6.07) is 11.5. The molecule has 8 nitrogen and oxygen atoms in total. The number of nitro benzene ring substituents is 1. The molecule has 1 aromatic heterocycles. The van der Waals surface area contributed by atoms with E-state index in [2.05, 4.69) is 10.1 Å². The Bertz CT molecular complexity index is 890. The van der Waals surface area contributed by atoms with Crippen LogP contribution in [0.5, 0.6) is 11.5 Å². The predicted molar refractivity (Wildman–Crippen MR) is 88.7 cm³/mol. The summed E-state index contributed by atoms with van der Waals surface area (Å²) < 4.78 is 15.7. The molecule has 0 aliphatic rings. The Morgan fingerprint density at radius 3 is 2.44 bits per heavy atom. The van der Waals surface area contributed by atoms with Crippen molar-refractivity contribution >= 4 is 5.69 Å². The van der Waals surface area contributed by atoms with E-state index >= 15 is 0 Å². The van der Waals surface area contributed by atoms with Gasteiger partial charge in [0, 0.05) is 17.7 Å². The van der Waals surface area contributed by atoms with Gasteiger partial charge in [0.15, 0.2) is 11.5 Å². The van der Waals surface area contributed by atoms with Crippen molar-refractivity contribution in [2.24, 2.45) is 0 Å². The van der Waals surface area contributed by atoms with Gasteiger partial charge in [-0.15, -0.1) is 0 Å². The van der Waals surface area contributed by atoms with Crippen molar-refractivity contribution in [3.8, 4) is 22.9 Å². The second kappa shape index (κ2) is 7.00. The molecule has 25 heavy (non-hydrogen) atoms. The molecular weight excluding hydrogens is 326 g/mol. The Kier molecular flexibility index (Phi) is 4.60. The lowest BCUT2D eigenvalue weighted by Crippen LogP contribution is -1.94. The van der Waals surface area contributed by atoms with Gasteiger partial charge in [0.2, 0.25) is 11.7 Å². The minimum Gasteiger partial charge on any atom is -0.493 e. The Balaban J connectivity index is 1.78. The normalized spacial score (nSPS) is 10.5. The number of aromatic nitrogens is 2. The quantitative estimate of drug-likeness (QED) is 0.501. The van der Waals surface area contributed by atoms with Gasteiger partial charge in [-0.1, -0.05) is 11.2 Å². The zero-order valence-electron chi connectivity index (χ0n) is 13.6. The molecule has 0 atom stereocenters. The summed E-state index contributed by atoms with van der Waals surface area (Å²) >= 11 is 0. The second-order valence-corrected chi connectivity index (χ2v) is 5.18. The third-order valence-electron chi connectivity index (χ3n) is 3.61. The molecule has 0 fully saturated rings. The molecule has 0 saturated heterocycles. The SMILES string of the molecule is COc1ccc(Cc2nc(-c3ccc([N+](=O)[O-])cc3)no2)cc1OC. The Morgan fingerprint density at radius 2 is 1.80 bits per heavy atom. The lowest BCUT2D eigenvalue weighted by Gasteiger charge is -2.08. The van der Waals surface area contributed by atoms with Crippen LogP contribution in [0, 0.1) is 10.1 Å². The van der Waals surface area contributed by atoms with E-state index in [1.807, 2.05) is 18.2 Å². The number of non-ortho nitro benzene ring substituents is 1. The number of nitro groups is 1. The van der Waals surface area contributed by atoms with E-state index in [-0.39, 0.29) is 5.69 Å². The zero-order chi connectivity index (χ0) is 17.8. The molecule has 128 valence electrons. The third kappa shape index (κ3) is 3.57. The van der Waals surface area contributed by atoms with Gasteiger partial charge in [0.05, 0.1) is 25.6 Å². The fourth-order valence-corrected chi connectivity index (χ4v) is 2.34. The minimum absolute atomic E-state index is 0.0118. The molecule has 3 aromatic rings. The molecule has 0 aliphatic heterocycles. The lowest BCUT2D eigenvalue weighted by atomic mass is 10.1. The highest BCUT2D eigenvalue weighted by molar-refractivity contribution is 5.56. The first-order valence-corrected chi connectivity index (χ1v) is 7.39. The summed E-state index contributed by atoms with van der Waals surface area (Å²) in [6.45, 7) is 0. The molecule has 0 aliphatic carbocycles. The number of rotatable bonds is 6. The molecule has 8 heteroatoms. The van der Waals surface area contributed by atoms with Gasteiger partial charge in [-0.25, -0.2) is 0 Å². The molecule has 0 amide bonds. The maximum absolute atomic E-state index is 10.7. The van der Waals surface area contributed by atoms with Gasteiger partial charge >= 0.3 is 0 Å². The Morgan fingerprint density at radius 1 is 1.08 bits per heavy atom. The minimum atomic E-state index is -0.456. The topological polar surface area (TPSA) is 101 Å². The first kappa shape index (κ1) is 16.4. The second-order valence-electron chi connectivity index (χ2n) is 5.18. The molecule has 2 aromatic carbocycles. The molecule has 0 N–H and O–H groups in total. The zero-order valence-corrected chi connectivity index (χ0v) is 13.6. The first-order valence-electron chi connectivity index (χ1n) is 7.39. The van der Waals surface area contributed by atoms with Crippen LogP contribution in [0.4, 0.5) is 5.69 Å². The van der Waals surface area contributed by atoms with E-state index in [1.54, 1.807) is 26.4 Å². The highest BCUT2D eigenvalue weighted by atomic mass is 16.6.